The molecule has 1 fully saturated rings. The molecule has 5 rings (SSSR count). The van der Waals surface area contributed by atoms with E-state index in [1.807, 2.05) is 71.6 Å². The van der Waals surface area contributed by atoms with Crippen molar-refractivity contribution in [1.82, 2.24) is 9.80 Å². The zero-order valence-corrected chi connectivity index (χ0v) is 18.4. The van der Waals surface area contributed by atoms with Crippen LogP contribution in [0.4, 0.5) is 0 Å². The first-order valence-electron chi connectivity index (χ1n) is 11.3. The molecule has 0 N–H and O–H groups in total. The van der Waals surface area contributed by atoms with E-state index in [1.54, 1.807) is 17.4 Å². The zero-order valence-electron chi connectivity index (χ0n) is 18.4. The second-order valence-corrected chi connectivity index (χ2v) is 8.47. The Morgan fingerprint density at radius 3 is 2.27 bits per heavy atom. The van der Waals surface area contributed by atoms with Gasteiger partial charge in [0.2, 0.25) is 5.91 Å². The number of carbonyl (C=O) groups is 2. The fraction of sp³-hybridized carbons (Fsp3) is 0.259. The summed E-state index contributed by atoms with van der Waals surface area (Å²) in [4.78, 5) is 30.6. The average molecular weight is 443 g/mol. The quantitative estimate of drug-likeness (QED) is 0.416. The smallest absolute Gasteiger partial charge is 0.254 e. The van der Waals surface area contributed by atoms with E-state index in [1.165, 1.54) is 0 Å². The Morgan fingerprint density at radius 1 is 0.879 bits per heavy atom. The number of likely N-dealkylation sites (tertiary alicyclic amines) is 1. The van der Waals surface area contributed by atoms with Crippen molar-refractivity contribution in [2.24, 2.45) is 5.92 Å². The number of benzene rings is 2. The van der Waals surface area contributed by atoms with Gasteiger partial charge in [0.1, 0.15) is 11.5 Å². The molecule has 33 heavy (non-hydrogen) atoms. The lowest BCUT2D eigenvalue weighted by Gasteiger charge is -2.35. The molecule has 2 aromatic carbocycles. The van der Waals surface area contributed by atoms with Crippen molar-refractivity contribution < 1.29 is 18.4 Å². The Kier molecular flexibility index (Phi) is 5.98. The highest BCUT2D eigenvalue weighted by atomic mass is 16.3. The van der Waals surface area contributed by atoms with Gasteiger partial charge in [-0.1, -0.05) is 36.4 Å². The van der Waals surface area contributed by atoms with Crippen molar-refractivity contribution >= 4 is 22.6 Å². The highest BCUT2D eigenvalue weighted by Gasteiger charge is 2.32. The van der Waals surface area contributed by atoms with E-state index >= 15 is 0 Å². The summed E-state index contributed by atoms with van der Waals surface area (Å²) in [5, 5.41) is 1.98. The minimum Gasteiger partial charge on any atom is -0.467 e. The summed E-state index contributed by atoms with van der Waals surface area (Å²) in [5.74, 6) is 1.16. The van der Waals surface area contributed by atoms with Crippen LogP contribution in [-0.2, 0) is 17.9 Å². The van der Waals surface area contributed by atoms with Crippen LogP contribution in [-0.4, -0.2) is 34.7 Å². The van der Waals surface area contributed by atoms with Crippen molar-refractivity contribution in [2.45, 2.75) is 25.9 Å². The third-order valence-corrected chi connectivity index (χ3v) is 6.24. The average Bonchev–Trinajstić information content (AvgIpc) is 3.57. The Morgan fingerprint density at radius 2 is 1.58 bits per heavy atom. The third kappa shape index (κ3) is 4.55. The van der Waals surface area contributed by atoms with Crippen LogP contribution >= 0.6 is 0 Å². The first kappa shape index (κ1) is 21.1. The summed E-state index contributed by atoms with van der Waals surface area (Å²) >= 11 is 0. The fourth-order valence-corrected chi connectivity index (χ4v) is 4.60. The molecule has 4 aromatic rings. The van der Waals surface area contributed by atoms with Crippen LogP contribution in [0.2, 0.25) is 0 Å². The molecule has 1 atom stereocenters. The van der Waals surface area contributed by atoms with E-state index in [-0.39, 0.29) is 17.7 Å². The van der Waals surface area contributed by atoms with Gasteiger partial charge in [-0.2, -0.15) is 0 Å². The lowest BCUT2D eigenvalue weighted by atomic mass is 9.95. The van der Waals surface area contributed by atoms with E-state index < -0.39 is 0 Å². The minimum atomic E-state index is -0.261. The monoisotopic (exact) mass is 442 g/mol. The number of carbonyl (C=O) groups excluding carboxylic acids is 2. The van der Waals surface area contributed by atoms with Gasteiger partial charge >= 0.3 is 0 Å². The molecule has 168 valence electrons. The Labute approximate surface area is 192 Å². The van der Waals surface area contributed by atoms with E-state index in [9.17, 15) is 9.59 Å². The van der Waals surface area contributed by atoms with Gasteiger partial charge in [-0.15, -0.1) is 0 Å². The topological polar surface area (TPSA) is 66.9 Å². The van der Waals surface area contributed by atoms with Crippen molar-refractivity contribution in [3.63, 3.8) is 0 Å². The Balaban J connectivity index is 1.35. The van der Waals surface area contributed by atoms with Crippen LogP contribution in [0.25, 0.3) is 10.8 Å². The predicted octanol–water partition coefficient (Wildman–Crippen LogP) is 5.11. The van der Waals surface area contributed by atoms with Crippen LogP contribution in [0.1, 0.15) is 34.7 Å². The fourth-order valence-electron chi connectivity index (χ4n) is 4.60. The van der Waals surface area contributed by atoms with Gasteiger partial charge in [0, 0.05) is 18.7 Å². The Bertz CT molecular complexity index is 1190. The van der Waals surface area contributed by atoms with Gasteiger partial charge < -0.3 is 18.6 Å². The van der Waals surface area contributed by atoms with E-state index in [0.29, 0.717) is 31.7 Å². The van der Waals surface area contributed by atoms with E-state index in [2.05, 4.69) is 0 Å². The maximum atomic E-state index is 13.6. The lowest BCUT2D eigenvalue weighted by Crippen LogP contribution is -2.46. The number of furan rings is 2. The standard InChI is InChI=1S/C27H26N2O4/c30-26(29(18-22-10-5-15-32-22)19-23-11-6-16-33-23)21-9-4-14-28(17-21)27(31)25-13-3-8-20-7-1-2-12-24(20)25/h1-3,5-8,10-13,15-16,21H,4,9,14,17-19H2. The second kappa shape index (κ2) is 9.36. The van der Waals surface area contributed by atoms with Crippen LogP contribution in [0, 0.1) is 5.92 Å². The van der Waals surface area contributed by atoms with E-state index in [0.717, 1.165) is 35.1 Å². The molecule has 6 nitrogen and oxygen atoms in total. The summed E-state index contributed by atoms with van der Waals surface area (Å²) in [6.45, 7) is 1.79. The molecule has 1 aliphatic rings. The van der Waals surface area contributed by atoms with Crippen molar-refractivity contribution in [3.05, 3.63) is 96.3 Å². The van der Waals surface area contributed by atoms with Gasteiger partial charge in [-0.3, -0.25) is 9.59 Å². The normalized spacial score (nSPS) is 16.1. The number of hydrogen-bond donors (Lipinski definition) is 0. The molecule has 0 aliphatic carbocycles. The molecule has 1 aliphatic heterocycles. The molecule has 6 heteroatoms. The molecule has 0 saturated carbocycles. The molecule has 2 aromatic heterocycles. The van der Waals surface area contributed by atoms with Gasteiger partial charge in [0.25, 0.3) is 5.91 Å². The highest BCUT2D eigenvalue weighted by molar-refractivity contribution is 6.07. The summed E-state index contributed by atoms with van der Waals surface area (Å²) in [6, 6.07) is 21.1. The zero-order chi connectivity index (χ0) is 22.6. The molecule has 0 spiro atoms. The predicted molar refractivity (Wildman–Crippen MR) is 124 cm³/mol. The van der Waals surface area contributed by atoms with Crippen LogP contribution in [0.3, 0.4) is 0 Å². The number of rotatable bonds is 6. The first-order valence-corrected chi connectivity index (χ1v) is 11.3. The number of fused-ring (bicyclic) bond motifs is 1. The number of hydrogen-bond acceptors (Lipinski definition) is 4. The SMILES string of the molecule is O=C(c1cccc2ccccc12)N1CCCC(C(=O)N(Cc2ccco2)Cc2ccco2)C1. The third-order valence-electron chi connectivity index (χ3n) is 6.24. The summed E-state index contributed by atoms with van der Waals surface area (Å²) in [6.07, 6.45) is 4.76. The van der Waals surface area contributed by atoms with Crippen molar-refractivity contribution in [1.29, 1.82) is 0 Å². The number of amides is 2. The molecular weight excluding hydrogens is 416 g/mol. The lowest BCUT2D eigenvalue weighted by molar-refractivity contribution is -0.138. The van der Waals surface area contributed by atoms with Gasteiger partial charge in [-0.25, -0.2) is 0 Å². The first-order chi connectivity index (χ1) is 16.2. The molecule has 1 saturated heterocycles. The maximum absolute atomic E-state index is 13.6. The molecular formula is C27H26N2O4. The summed E-state index contributed by atoms with van der Waals surface area (Å²) in [7, 11) is 0. The summed E-state index contributed by atoms with van der Waals surface area (Å²) < 4.78 is 11.0. The molecule has 3 heterocycles. The summed E-state index contributed by atoms with van der Waals surface area (Å²) in [5.41, 5.74) is 0.684. The van der Waals surface area contributed by atoms with Crippen LogP contribution in [0.15, 0.2) is 88.1 Å². The van der Waals surface area contributed by atoms with Gasteiger partial charge in [-0.05, 0) is 53.9 Å². The van der Waals surface area contributed by atoms with Gasteiger partial charge in [0.15, 0.2) is 0 Å². The molecule has 0 bridgehead atoms. The van der Waals surface area contributed by atoms with Crippen LogP contribution in [0.5, 0.6) is 0 Å². The maximum Gasteiger partial charge on any atom is 0.254 e. The minimum absolute atomic E-state index is 0.0122. The molecule has 1 unspecified atom stereocenters. The molecule has 2 amide bonds. The molecule has 0 radical (unpaired) electrons. The largest absolute Gasteiger partial charge is 0.467 e. The van der Waals surface area contributed by atoms with Gasteiger partial charge in [0.05, 0.1) is 31.5 Å². The van der Waals surface area contributed by atoms with Crippen molar-refractivity contribution in [2.75, 3.05) is 13.1 Å². The number of piperidine rings is 1. The van der Waals surface area contributed by atoms with Crippen LogP contribution < -0.4 is 0 Å². The number of nitrogens with zero attached hydrogens (tertiary/aromatic N) is 2. The highest BCUT2D eigenvalue weighted by Crippen LogP contribution is 2.25. The van der Waals surface area contributed by atoms with Crippen molar-refractivity contribution in [3.8, 4) is 0 Å². The Hall–Kier alpha value is -3.80. The van der Waals surface area contributed by atoms with E-state index in [4.69, 9.17) is 8.83 Å². The second-order valence-electron chi connectivity index (χ2n) is 8.47.